The first-order chi connectivity index (χ1) is 7.14. The van der Waals surface area contributed by atoms with Gasteiger partial charge in [-0.15, -0.1) is 0 Å². The lowest BCUT2D eigenvalue weighted by Crippen LogP contribution is -2.45. The third-order valence-electron chi connectivity index (χ3n) is 2.35. The second-order valence-corrected chi connectivity index (χ2v) is 6.37. The average Bonchev–Trinajstić information content (AvgIpc) is 2.25. The summed E-state index contributed by atoms with van der Waals surface area (Å²) >= 11 is 0. The normalized spacial score (nSPS) is 14.2. The van der Waals surface area contributed by atoms with E-state index in [1.807, 2.05) is 6.92 Å². The van der Waals surface area contributed by atoms with Crippen LogP contribution < -0.4 is 11.5 Å². The molecule has 0 fully saturated rings. The van der Waals surface area contributed by atoms with Gasteiger partial charge in [0.05, 0.1) is 0 Å². The molecule has 5 nitrogen and oxygen atoms in total. The van der Waals surface area contributed by atoms with Crippen molar-refractivity contribution in [1.29, 1.82) is 0 Å². The summed E-state index contributed by atoms with van der Waals surface area (Å²) in [6.07, 6.45) is 1.65. The summed E-state index contributed by atoms with van der Waals surface area (Å²) in [6, 6.07) is 0.849. The van der Waals surface area contributed by atoms with Crippen LogP contribution in [-0.2, 0) is 13.3 Å². The van der Waals surface area contributed by atoms with Gasteiger partial charge in [0.25, 0.3) is 0 Å². The van der Waals surface area contributed by atoms with Gasteiger partial charge in [-0.1, -0.05) is 0 Å². The van der Waals surface area contributed by atoms with Crippen LogP contribution in [0.1, 0.15) is 19.8 Å². The molecule has 0 aliphatic rings. The predicted octanol–water partition coefficient (Wildman–Crippen LogP) is 0.321. The molecule has 92 valence electrons. The van der Waals surface area contributed by atoms with Gasteiger partial charge in [-0.2, -0.15) is 0 Å². The van der Waals surface area contributed by atoms with E-state index in [1.165, 1.54) is 0 Å². The number of rotatable bonds is 9. The van der Waals surface area contributed by atoms with Gasteiger partial charge < -0.3 is 24.7 Å². The maximum absolute atomic E-state index is 5.87. The summed E-state index contributed by atoms with van der Waals surface area (Å²) < 4.78 is 16.3. The van der Waals surface area contributed by atoms with E-state index in [4.69, 9.17) is 24.7 Å². The highest BCUT2D eigenvalue weighted by molar-refractivity contribution is 6.60. The molecule has 0 aromatic heterocycles. The van der Waals surface area contributed by atoms with E-state index in [0.29, 0.717) is 13.2 Å². The Morgan fingerprint density at radius 1 is 1.20 bits per heavy atom. The van der Waals surface area contributed by atoms with Gasteiger partial charge >= 0.3 is 8.80 Å². The molecular formula is C9H24N2O3Si. The second kappa shape index (κ2) is 8.20. The SMILES string of the molecule is CCO[Si](CCC(N)CCN)(OC)OC. The van der Waals surface area contributed by atoms with Crippen molar-refractivity contribution in [3.05, 3.63) is 0 Å². The van der Waals surface area contributed by atoms with Gasteiger partial charge in [0.15, 0.2) is 0 Å². The Kier molecular flexibility index (Phi) is 8.21. The summed E-state index contributed by atoms with van der Waals surface area (Å²) in [4.78, 5) is 0. The molecule has 0 spiro atoms. The van der Waals surface area contributed by atoms with Crippen LogP contribution in [0.4, 0.5) is 0 Å². The minimum absolute atomic E-state index is 0.104. The molecule has 0 rings (SSSR count). The van der Waals surface area contributed by atoms with Crippen molar-refractivity contribution < 1.29 is 13.3 Å². The lowest BCUT2D eigenvalue weighted by atomic mass is 10.2. The van der Waals surface area contributed by atoms with E-state index in [9.17, 15) is 0 Å². The van der Waals surface area contributed by atoms with Crippen LogP contribution in [0.2, 0.25) is 6.04 Å². The van der Waals surface area contributed by atoms with Crippen molar-refractivity contribution in [3.8, 4) is 0 Å². The van der Waals surface area contributed by atoms with Gasteiger partial charge in [0, 0.05) is 32.9 Å². The van der Waals surface area contributed by atoms with Gasteiger partial charge in [-0.3, -0.25) is 0 Å². The Bertz CT molecular complexity index is 156. The van der Waals surface area contributed by atoms with Crippen molar-refractivity contribution in [2.24, 2.45) is 11.5 Å². The molecule has 0 amide bonds. The van der Waals surface area contributed by atoms with E-state index >= 15 is 0 Å². The number of hydrogen-bond acceptors (Lipinski definition) is 5. The molecule has 0 bridgehead atoms. The summed E-state index contributed by atoms with van der Waals surface area (Å²) in [5, 5.41) is 0. The molecule has 0 aromatic rings. The fraction of sp³-hybridized carbons (Fsp3) is 1.00. The fourth-order valence-corrected chi connectivity index (χ4v) is 3.54. The summed E-state index contributed by atoms with van der Waals surface area (Å²) in [7, 11) is 0.794. The first kappa shape index (κ1) is 15.0. The van der Waals surface area contributed by atoms with Crippen molar-refractivity contribution in [2.75, 3.05) is 27.4 Å². The standard InChI is InChI=1S/C9H24N2O3Si/c1-4-14-15(12-2,13-3)8-6-9(11)5-7-10/h9H,4-8,10-11H2,1-3H3. The van der Waals surface area contributed by atoms with Crippen molar-refractivity contribution >= 4 is 8.80 Å². The van der Waals surface area contributed by atoms with E-state index in [0.717, 1.165) is 18.9 Å². The van der Waals surface area contributed by atoms with E-state index in [-0.39, 0.29) is 6.04 Å². The van der Waals surface area contributed by atoms with E-state index < -0.39 is 8.80 Å². The molecule has 0 aliphatic heterocycles. The molecule has 0 saturated carbocycles. The van der Waals surface area contributed by atoms with Crippen LogP contribution in [-0.4, -0.2) is 42.2 Å². The Hall–Kier alpha value is 0.0169. The van der Waals surface area contributed by atoms with Crippen LogP contribution >= 0.6 is 0 Å². The molecule has 0 saturated heterocycles. The molecule has 0 aliphatic carbocycles. The van der Waals surface area contributed by atoms with Crippen molar-refractivity contribution in [1.82, 2.24) is 0 Å². The maximum atomic E-state index is 5.87. The third kappa shape index (κ3) is 5.60. The topological polar surface area (TPSA) is 79.7 Å². The Labute approximate surface area is 93.4 Å². The molecule has 6 heteroatoms. The first-order valence-corrected chi connectivity index (χ1v) is 7.27. The molecule has 4 N–H and O–H groups in total. The highest BCUT2D eigenvalue weighted by Crippen LogP contribution is 2.17. The summed E-state index contributed by atoms with van der Waals surface area (Å²) in [6.45, 7) is 3.14. The third-order valence-corrected chi connectivity index (χ3v) is 5.22. The summed E-state index contributed by atoms with van der Waals surface area (Å²) in [5.74, 6) is 0. The lowest BCUT2D eigenvalue weighted by molar-refractivity contribution is 0.103. The van der Waals surface area contributed by atoms with Crippen LogP contribution in [0.3, 0.4) is 0 Å². The molecular weight excluding hydrogens is 212 g/mol. The predicted molar refractivity (Wildman–Crippen MR) is 62.5 cm³/mol. The van der Waals surface area contributed by atoms with Gasteiger partial charge in [-0.05, 0) is 26.3 Å². The van der Waals surface area contributed by atoms with E-state index in [2.05, 4.69) is 0 Å². The second-order valence-electron chi connectivity index (χ2n) is 3.40. The average molecular weight is 236 g/mol. The smallest absolute Gasteiger partial charge is 0.377 e. The molecule has 1 unspecified atom stereocenters. The zero-order valence-electron chi connectivity index (χ0n) is 9.99. The molecule has 0 radical (unpaired) electrons. The fourth-order valence-electron chi connectivity index (χ4n) is 1.42. The molecule has 0 aromatic carbocycles. The highest BCUT2D eigenvalue weighted by atomic mass is 28.4. The monoisotopic (exact) mass is 236 g/mol. The molecule has 15 heavy (non-hydrogen) atoms. The zero-order valence-corrected chi connectivity index (χ0v) is 11.0. The molecule has 1 atom stereocenters. The van der Waals surface area contributed by atoms with Crippen molar-refractivity contribution in [2.45, 2.75) is 31.9 Å². The minimum Gasteiger partial charge on any atom is -0.377 e. The Balaban J connectivity index is 4.04. The van der Waals surface area contributed by atoms with Gasteiger partial charge in [0.2, 0.25) is 0 Å². The van der Waals surface area contributed by atoms with E-state index in [1.54, 1.807) is 14.2 Å². The Morgan fingerprint density at radius 2 is 1.80 bits per heavy atom. The minimum atomic E-state index is -2.46. The Morgan fingerprint density at radius 3 is 2.20 bits per heavy atom. The number of nitrogens with two attached hydrogens (primary N) is 2. The quantitative estimate of drug-likeness (QED) is 0.564. The first-order valence-electron chi connectivity index (χ1n) is 5.34. The summed E-state index contributed by atoms with van der Waals surface area (Å²) in [5.41, 5.74) is 11.3. The van der Waals surface area contributed by atoms with Crippen LogP contribution in [0.15, 0.2) is 0 Å². The molecule has 0 heterocycles. The van der Waals surface area contributed by atoms with Crippen molar-refractivity contribution in [3.63, 3.8) is 0 Å². The number of hydrogen-bond donors (Lipinski definition) is 2. The van der Waals surface area contributed by atoms with Gasteiger partial charge in [0.1, 0.15) is 0 Å². The zero-order chi connectivity index (χ0) is 11.7. The van der Waals surface area contributed by atoms with Crippen LogP contribution in [0.5, 0.6) is 0 Å². The van der Waals surface area contributed by atoms with Crippen LogP contribution in [0.25, 0.3) is 0 Å². The van der Waals surface area contributed by atoms with Crippen LogP contribution in [0, 0.1) is 0 Å². The highest BCUT2D eigenvalue weighted by Gasteiger charge is 2.38. The largest absolute Gasteiger partial charge is 0.500 e. The maximum Gasteiger partial charge on any atom is 0.500 e. The lowest BCUT2D eigenvalue weighted by Gasteiger charge is -2.26. The van der Waals surface area contributed by atoms with Gasteiger partial charge in [-0.25, -0.2) is 0 Å².